The van der Waals surface area contributed by atoms with Crippen LogP contribution in [0, 0.1) is 0 Å². The van der Waals surface area contributed by atoms with Crippen molar-refractivity contribution < 1.29 is 44.2 Å². The predicted molar refractivity (Wildman–Crippen MR) is 37.2 cm³/mol. The molecule has 0 aliphatic carbocycles. The Labute approximate surface area is 92.6 Å². The predicted octanol–water partition coefficient (Wildman–Crippen LogP) is -2.45. The molecule has 0 aromatic heterocycles. The van der Waals surface area contributed by atoms with Gasteiger partial charge in [-0.3, -0.25) is 0 Å². The van der Waals surface area contributed by atoms with Gasteiger partial charge in [-0.05, 0) is 6.07 Å². The number of carbonyl (C=O) groups is 1. The van der Waals surface area contributed by atoms with Crippen LogP contribution in [-0.4, -0.2) is 13.1 Å². The molecule has 0 unspecified atom stereocenters. The molecule has 0 aliphatic rings. The number of benzene rings is 1. The number of methoxy groups -OCH3 is 1. The van der Waals surface area contributed by atoms with E-state index in [2.05, 4.69) is 4.74 Å². The fourth-order valence-corrected chi connectivity index (χ4v) is 0.745. The van der Waals surface area contributed by atoms with E-state index in [9.17, 15) is 9.90 Å². The molecule has 0 radical (unpaired) electrons. The van der Waals surface area contributed by atoms with Crippen LogP contribution in [0.15, 0.2) is 24.3 Å². The quantitative estimate of drug-likeness (QED) is 0.351. The maximum absolute atomic E-state index is 10.9. The Kier molecular flexibility index (Phi) is 4.97. The maximum atomic E-state index is 10.9. The Bertz CT molecular complexity index is 273. The standard InChI is InChI=1S/C8H8O3.Na/c1-11-8(10)6-4-2-3-5-7(6)9;/h2-5,9H,1H3;/q;+1/p-1. The van der Waals surface area contributed by atoms with Gasteiger partial charge in [-0.2, -0.15) is 0 Å². The van der Waals surface area contributed by atoms with Crippen LogP contribution in [0.3, 0.4) is 0 Å². The number of rotatable bonds is 1. The normalized spacial score (nSPS) is 8.42. The molecule has 0 spiro atoms. The van der Waals surface area contributed by atoms with Crippen molar-refractivity contribution >= 4 is 5.97 Å². The summed E-state index contributed by atoms with van der Waals surface area (Å²) in [5, 5.41) is 10.9. The molecular weight excluding hydrogens is 167 g/mol. The summed E-state index contributed by atoms with van der Waals surface area (Å²) in [5.41, 5.74) is 0.0787. The van der Waals surface area contributed by atoms with E-state index in [0.29, 0.717) is 0 Å². The Morgan fingerprint density at radius 1 is 1.42 bits per heavy atom. The van der Waals surface area contributed by atoms with Crippen LogP contribution in [0.5, 0.6) is 5.75 Å². The first-order chi connectivity index (χ1) is 5.25. The van der Waals surface area contributed by atoms with E-state index in [1.165, 1.54) is 19.2 Å². The Balaban J connectivity index is 0.00000121. The number of hydrogen-bond acceptors (Lipinski definition) is 3. The molecule has 1 rings (SSSR count). The van der Waals surface area contributed by atoms with Crippen LogP contribution in [0.2, 0.25) is 0 Å². The molecule has 0 N–H and O–H groups in total. The van der Waals surface area contributed by atoms with Crippen LogP contribution < -0.4 is 34.7 Å². The van der Waals surface area contributed by atoms with E-state index in [1.807, 2.05) is 0 Å². The second kappa shape index (κ2) is 5.19. The third-order valence-electron chi connectivity index (χ3n) is 1.29. The molecule has 1 aromatic rings. The summed E-state index contributed by atoms with van der Waals surface area (Å²) in [4.78, 5) is 10.8. The van der Waals surface area contributed by atoms with Gasteiger partial charge in [0, 0.05) is 0 Å². The molecule has 0 aliphatic heterocycles. The Morgan fingerprint density at radius 3 is 2.50 bits per heavy atom. The summed E-state index contributed by atoms with van der Waals surface area (Å²) < 4.78 is 4.38. The van der Waals surface area contributed by atoms with Crippen LogP contribution in [0.1, 0.15) is 10.4 Å². The summed E-state index contributed by atoms with van der Waals surface area (Å²) in [6.45, 7) is 0. The van der Waals surface area contributed by atoms with Gasteiger partial charge in [0.25, 0.3) is 0 Å². The molecule has 3 nitrogen and oxygen atoms in total. The summed E-state index contributed by atoms with van der Waals surface area (Å²) >= 11 is 0. The van der Waals surface area contributed by atoms with Gasteiger partial charge in [0.05, 0.1) is 12.7 Å². The molecular formula is C8H7NaO3. The third-order valence-corrected chi connectivity index (χ3v) is 1.29. The molecule has 12 heavy (non-hydrogen) atoms. The van der Waals surface area contributed by atoms with Crippen LogP contribution in [0.25, 0.3) is 0 Å². The van der Waals surface area contributed by atoms with Gasteiger partial charge in [0.1, 0.15) is 0 Å². The van der Waals surface area contributed by atoms with Crippen molar-refractivity contribution in [1.82, 2.24) is 0 Å². The largest absolute Gasteiger partial charge is 1.00 e. The summed E-state index contributed by atoms with van der Waals surface area (Å²) in [5.74, 6) is -0.894. The van der Waals surface area contributed by atoms with Crippen molar-refractivity contribution in [2.75, 3.05) is 7.11 Å². The third kappa shape index (κ3) is 2.52. The van der Waals surface area contributed by atoms with Crippen LogP contribution >= 0.6 is 0 Å². The monoisotopic (exact) mass is 174 g/mol. The molecule has 0 saturated carbocycles. The molecule has 0 saturated heterocycles. The zero-order chi connectivity index (χ0) is 8.27. The van der Waals surface area contributed by atoms with E-state index < -0.39 is 5.97 Å². The minimum Gasteiger partial charge on any atom is -0.872 e. The summed E-state index contributed by atoms with van der Waals surface area (Å²) in [6, 6.07) is 5.96. The van der Waals surface area contributed by atoms with E-state index in [-0.39, 0.29) is 40.9 Å². The molecule has 0 amide bonds. The molecule has 0 heterocycles. The van der Waals surface area contributed by atoms with Gasteiger partial charge >= 0.3 is 35.5 Å². The zero-order valence-corrected chi connectivity index (χ0v) is 9.03. The van der Waals surface area contributed by atoms with Crippen molar-refractivity contribution in [3.8, 4) is 5.75 Å². The van der Waals surface area contributed by atoms with Gasteiger partial charge in [-0.1, -0.05) is 23.9 Å². The number of carbonyl (C=O) groups excluding carboxylic acids is 1. The average molecular weight is 174 g/mol. The van der Waals surface area contributed by atoms with Gasteiger partial charge in [-0.15, -0.1) is 0 Å². The average Bonchev–Trinajstić information content (AvgIpc) is 2.04. The first kappa shape index (κ1) is 11.5. The number of ether oxygens (including phenoxy) is 1. The van der Waals surface area contributed by atoms with Crippen LogP contribution in [-0.2, 0) is 4.74 Å². The molecule has 1 aromatic carbocycles. The Morgan fingerprint density at radius 2 is 2.00 bits per heavy atom. The fraction of sp³-hybridized carbons (Fsp3) is 0.125. The molecule has 0 atom stereocenters. The zero-order valence-electron chi connectivity index (χ0n) is 7.03. The first-order valence-corrected chi connectivity index (χ1v) is 3.10. The van der Waals surface area contributed by atoms with Crippen molar-refractivity contribution in [1.29, 1.82) is 0 Å². The van der Waals surface area contributed by atoms with E-state index >= 15 is 0 Å². The summed E-state index contributed by atoms with van der Waals surface area (Å²) in [6.07, 6.45) is 0. The smallest absolute Gasteiger partial charge is 0.872 e. The second-order valence-electron chi connectivity index (χ2n) is 1.99. The minimum absolute atomic E-state index is 0. The maximum Gasteiger partial charge on any atom is 1.00 e. The van der Waals surface area contributed by atoms with Crippen LogP contribution in [0.4, 0.5) is 0 Å². The first-order valence-electron chi connectivity index (χ1n) is 3.10. The molecule has 4 heteroatoms. The van der Waals surface area contributed by atoms with Crippen molar-refractivity contribution in [3.63, 3.8) is 0 Å². The molecule has 0 bridgehead atoms. The number of para-hydroxylation sites is 1. The molecule has 58 valence electrons. The minimum atomic E-state index is -0.587. The number of hydrogen-bond donors (Lipinski definition) is 0. The van der Waals surface area contributed by atoms with Gasteiger partial charge in [0.15, 0.2) is 0 Å². The van der Waals surface area contributed by atoms with E-state index in [1.54, 1.807) is 12.1 Å². The second-order valence-corrected chi connectivity index (χ2v) is 1.99. The number of esters is 1. The van der Waals surface area contributed by atoms with Crippen molar-refractivity contribution in [3.05, 3.63) is 29.8 Å². The van der Waals surface area contributed by atoms with E-state index in [4.69, 9.17) is 0 Å². The van der Waals surface area contributed by atoms with Gasteiger partial charge < -0.3 is 9.84 Å². The van der Waals surface area contributed by atoms with Crippen molar-refractivity contribution in [2.24, 2.45) is 0 Å². The van der Waals surface area contributed by atoms with Gasteiger partial charge in [-0.25, -0.2) is 4.79 Å². The SMILES string of the molecule is COC(=O)c1ccccc1[O-].[Na+]. The topological polar surface area (TPSA) is 49.4 Å². The Hall–Kier alpha value is -0.510. The van der Waals surface area contributed by atoms with Gasteiger partial charge in [0.2, 0.25) is 0 Å². The van der Waals surface area contributed by atoms with E-state index in [0.717, 1.165) is 0 Å². The molecule has 0 fully saturated rings. The fourth-order valence-electron chi connectivity index (χ4n) is 0.745. The van der Waals surface area contributed by atoms with Crippen molar-refractivity contribution in [2.45, 2.75) is 0 Å². The summed E-state index contributed by atoms with van der Waals surface area (Å²) in [7, 11) is 1.24.